The molecule has 1 aromatic carbocycles. The van der Waals surface area contributed by atoms with Gasteiger partial charge in [-0.05, 0) is 44.0 Å². The molecule has 0 aliphatic heterocycles. The first-order valence-electron chi connectivity index (χ1n) is 3.76. The highest BCUT2D eigenvalue weighted by atomic mass is 79.9. The number of hydrogen-bond acceptors (Lipinski definition) is 1. The van der Waals surface area contributed by atoms with E-state index in [1.54, 1.807) is 6.07 Å². The quantitative estimate of drug-likeness (QED) is 0.756. The van der Waals surface area contributed by atoms with Gasteiger partial charge in [0.05, 0.1) is 3.39 Å². The van der Waals surface area contributed by atoms with E-state index in [9.17, 15) is 13.2 Å². The fourth-order valence-corrected chi connectivity index (χ4v) is 1.43. The Kier molecular flexibility index (Phi) is 4.21. The van der Waals surface area contributed by atoms with Crippen LogP contribution in [0.15, 0.2) is 27.7 Å². The number of alkyl halides is 3. The molecule has 0 bridgehead atoms. The molecule has 82 valence electrons. The summed E-state index contributed by atoms with van der Waals surface area (Å²) in [6.45, 7) is 0. The Labute approximate surface area is 101 Å². The zero-order valence-corrected chi connectivity index (χ0v) is 10.4. The van der Waals surface area contributed by atoms with Crippen LogP contribution in [0, 0.1) is 0 Å². The van der Waals surface area contributed by atoms with Crippen molar-refractivity contribution in [3.05, 3.63) is 33.2 Å². The van der Waals surface area contributed by atoms with E-state index in [0.717, 1.165) is 0 Å². The van der Waals surface area contributed by atoms with Crippen molar-refractivity contribution in [2.45, 2.75) is 6.36 Å². The standard InChI is InChI=1S/C9H5Br2F3O/c10-8(11)5-6-3-1-2-4-7(6)15-9(12,13)14/h1-5H. The lowest BCUT2D eigenvalue weighted by Crippen LogP contribution is -2.17. The SMILES string of the molecule is FC(F)(F)Oc1ccccc1C=C(Br)Br. The first kappa shape index (κ1) is 12.6. The Hall–Kier alpha value is -0.490. The molecular weight excluding hydrogens is 341 g/mol. The normalized spacial score (nSPS) is 11.0. The molecule has 1 nitrogen and oxygen atoms in total. The minimum absolute atomic E-state index is 0.235. The Morgan fingerprint density at radius 1 is 1.20 bits per heavy atom. The third-order valence-corrected chi connectivity index (χ3v) is 1.87. The highest BCUT2D eigenvalue weighted by Gasteiger charge is 2.31. The van der Waals surface area contributed by atoms with Gasteiger partial charge >= 0.3 is 6.36 Å². The summed E-state index contributed by atoms with van der Waals surface area (Å²) in [6, 6.07) is 5.87. The first-order chi connectivity index (χ1) is 6.88. The van der Waals surface area contributed by atoms with Crippen molar-refractivity contribution in [1.29, 1.82) is 0 Å². The summed E-state index contributed by atoms with van der Waals surface area (Å²) >= 11 is 6.13. The fraction of sp³-hybridized carbons (Fsp3) is 0.111. The average molecular weight is 346 g/mol. The lowest BCUT2D eigenvalue weighted by molar-refractivity contribution is -0.274. The predicted molar refractivity (Wildman–Crippen MR) is 59.0 cm³/mol. The van der Waals surface area contributed by atoms with Crippen molar-refractivity contribution in [2.24, 2.45) is 0 Å². The van der Waals surface area contributed by atoms with Gasteiger partial charge in [0.15, 0.2) is 0 Å². The Morgan fingerprint density at radius 3 is 2.33 bits per heavy atom. The van der Waals surface area contributed by atoms with E-state index in [2.05, 4.69) is 36.6 Å². The summed E-state index contributed by atoms with van der Waals surface area (Å²) in [6.07, 6.45) is -3.20. The van der Waals surface area contributed by atoms with Crippen LogP contribution in [0.3, 0.4) is 0 Å². The van der Waals surface area contributed by atoms with Gasteiger partial charge in [0, 0.05) is 5.56 Å². The molecule has 0 fully saturated rings. The second-order valence-corrected chi connectivity index (χ2v) is 5.29. The second-order valence-electron chi connectivity index (χ2n) is 2.52. The van der Waals surface area contributed by atoms with Crippen molar-refractivity contribution >= 4 is 37.9 Å². The van der Waals surface area contributed by atoms with Crippen LogP contribution < -0.4 is 4.74 Å². The van der Waals surface area contributed by atoms with E-state index < -0.39 is 6.36 Å². The van der Waals surface area contributed by atoms with Crippen molar-refractivity contribution in [3.8, 4) is 5.75 Å². The van der Waals surface area contributed by atoms with Crippen LogP contribution in [-0.2, 0) is 0 Å². The molecule has 15 heavy (non-hydrogen) atoms. The molecule has 0 amide bonds. The van der Waals surface area contributed by atoms with Crippen LogP contribution >= 0.6 is 31.9 Å². The maximum Gasteiger partial charge on any atom is 0.573 e. The van der Waals surface area contributed by atoms with Crippen LogP contribution in [0.2, 0.25) is 0 Å². The lowest BCUT2D eigenvalue weighted by atomic mass is 10.2. The van der Waals surface area contributed by atoms with E-state index in [-0.39, 0.29) is 5.75 Å². The summed E-state index contributed by atoms with van der Waals surface area (Å²) < 4.78 is 40.4. The first-order valence-corrected chi connectivity index (χ1v) is 5.34. The molecule has 6 heteroatoms. The molecule has 0 unspecified atom stereocenters. The van der Waals surface area contributed by atoms with Crippen LogP contribution in [0.1, 0.15) is 5.56 Å². The molecule has 0 saturated carbocycles. The molecule has 1 rings (SSSR count). The molecular formula is C9H5Br2F3O. The molecule has 0 N–H and O–H groups in total. The van der Waals surface area contributed by atoms with Crippen LogP contribution in [0.25, 0.3) is 6.08 Å². The lowest BCUT2D eigenvalue weighted by Gasteiger charge is -2.10. The Balaban J connectivity index is 3.02. The van der Waals surface area contributed by atoms with Gasteiger partial charge in [-0.25, -0.2) is 0 Å². The molecule has 0 saturated heterocycles. The average Bonchev–Trinajstić information content (AvgIpc) is 2.05. The third-order valence-electron chi connectivity index (χ3n) is 1.41. The van der Waals surface area contributed by atoms with Gasteiger partial charge in [-0.3, -0.25) is 0 Å². The van der Waals surface area contributed by atoms with Gasteiger partial charge in [0.2, 0.25) is 0 Å². The second kappa shape index (κ2) is 5.03. The summed E-state index contributed by atoms with van der Waals surface area (Å²) in [5.41, 5.74) is 0.332. The highest BCUT2D eigenvalue weighted by Crippen LogP contribution is 2.29. The van der Waals surface area contributed by atoms with E-state index in [1.165, 1.54) is 24.3 Å². The third kappa shape index (κ3) is 4.70. The topological polar surface area (TPSA) is 9.23 Å². The summed E-state index contributed by atoms with van der Waals surface area (Å²) in [4.78, 5) is 0. The molecule has 0 spiro atoms. The maximum atomic E-state index is 12.0. The van der Waals surface area contributed by atoms with Gasteiger partial charge in [-0.2, -0.15) is 0 Å². The van der Waals surface area contributed by atoms with Gasteiger partial charge in [0.1, 0.15) is 5.75 Å². The van der Waals surface area contributed by atoms with Crippen molar-refractivity contribution in [2.75, 3.05) is 0 Å². The van der Waals surface area contributed by atoms with Gasteiger partial charge in [-0.15, -0.1) is 13.2 Å². The fourth-order valence-electron chi connectivity index (χ4n) is 0.935. The molecule has 0 atom stereocenters. The molecule has 0 heterocycles. The number of ether oxygens (including phenoxy) is 1. The van der Waals surface area contributed by atoms with E-state index in [4.69, 9.17) is 0 Å². The van der Waals surface area contributed by atoms with Crippen LogP contribution in [-0.4, -0.2) is 6.36 Å². The van der Waals surface area contributed by atoms with Crippen molar-refractivity contribution < 1.29 is 17.9 Å². The van der Waals surface area contributed by atoms with Gasteiger partial charge in [0.25, 0.3) is 0 Å². The monoisotopic (exact) mass is 344 g/mol. The number of hydrogen-bond donors (Lipinski definition) is 0. The molecule has 0 aliphatic rings. The number of rotatable bonds is 2. The number of para-hydroxylation sites is 1. The summed E-state index contributed by atoms with van der Waals surface area (Å²) in [5, 5.41) is 0. The maximum absolute atomic E-state index is 12.0. The van der Waals surface area contributed by atoms with Crippen LogP contribution in [0.4, 0.5) is 13.2 Å². The molecule has 0 radical (unpaired) electrons. The summed E-state index contributed by atoms with van der Waals surface area (Å²) in [5.74, 6) is -0.235. The van der Waals surface area contributed by atoms with E-state index in [1.807, 2.05) is 0 Å². The zero-order valence-electron chi connectivity index (χ0n) is 7.18. The number of benzene rings is 1. The minimum Gasteiger partial charge on any atom is -0.405 e. The molecule has 0 aromatic heterocycles. The van der Waals surface area contributed by atoms with Crippen molar-refractivity contribution in [1.82, 2.24) is 0 Å². The van der Waals surface area contributed by atoms with Gasteiger partial charge < -0.3 is 4.74 Å². The zero-order chi connectivity index (χ0) is 11.5. The van der Waals surface area contributed by atoms with Gasteiger partial charge in [-0.1, -0.05) is 18.2 Å². The molecule has 1 aromatic rings. The molecule has 0 aliphatic carbocycles. The van der Waals surface area contributed by atoms with E-state index in [0.29, 0.717) is 8.96 Å². The Morgan fingerprint density at radius 2 is 1.80 bits per heavy atom. The highest BCUT2D eigenvalue weighted by molar-refractivity contribution is 9.28. The smallest absolute Gasteiger partial charge is 0.405 e. The van der Waals surface area contributed by atoms with E-state index >= 15 is 0 Å². The predicted octanol–water partition coefficient (Wildman–Crippen LogP) is 4.67. The Bertz CT molecular complexity index is 370. The minimum atomic E-state index is -4.68. The largest absolute Gasteiger partial charge is 0.573 e. The van der Waals surface area contributed by atoms with Crippen molar-refractivity contribution in [3.63, 3.8) is 0 Å². The van der Waals surface area contributed by atoms with Crippen LogP contribution in [0.5, 0.6) is 5.75 Å². The number of halogens is 5. The summed E-state index contributed by atoms with van der Waals surface area (Å²) in [7, 11) is 0.